The topological polar surface area (TPSA) is 70.7 Å². The molecule has 2 amide bonds. The van der Waals surface area contributed by atoms with E-state index in [2.05, 4.69) is 10.9 Å². The van der Waals surface area contributed by atoms with Gasteiger partial charge in [0.25, 0.3) is 11.8 Å². The van der Waals surface area contributed by atoms with E-state index in [0.717, 1.165) is 0 Å². The summed E-state index contributed by atoms with van der Waals surface area (Å²) >= 11 is 5.87. The van der Waals surface area contributed by atoms with Crippen molar-refractivity contribution in [3.63, 3.8) is 0 Å². The van der Waals surface area contributed by atoms with E-state index in [0.29, 0.717) is 22.1 Å². The number of para-hydroxylation sites is 2. The van der Waals surface area contributed by atoms with Crippen LogP contribution in [0.1, 0.15) is 0 Å². The summed E-state index contributed by atoms with van der Waals surface area (Å²) in [5.41, 5.74) is 6.54. The average Bonchev–Trinajstić information content (AvgIpc) is 2.56. The number of hydrogen-bond donors (Lipinski definition) is 2. The zero-order chi connectivity index (χ0) is 16.2. The number of amides is 2. The number of halogens is 1. The molecule has 0 bridgehead atoms. The summed E-state index contributed by atoms with van der Waals surface area (Å²) in [6, 6.07) is 14.0. The zero-order valence-corrected chi connectivity index (χ0v) is 12.8. The average molecular weight is 332 g/mol. The minimum absolute atomic E-state index is 0.0774. The molecule has 2 aromatic carbocycles. The predicted molar refractivity (Wildman–Crippen MR) is 87.5 cm³/mol. The van der Waals surface area contributed by atoms with Crippen molar-refractivity contribution in [3.05, 3.63) is 53.6 Å². The first-order valence-corrected chi connectivity index (χ1v) is 7.34. The van der Waals surface area contributed by atoms with E-state index < -0.39 is 0 Å². The lowest BCUT2D eigenvalue weighted by Crippen LogP contribution is -2.46. The summed E-state index contributed by atoms with van der Waals surface area (Å²) in [4.78, 5) is 25.5. The van der Waals surface area contributed by atoms with Crippen LogP contribution in [0.3, 0.4) is 0 Å². The molecule has 118 valence electrons. The Bertz CT molecular complexity index is 751. The van der Waals surface area contributed by atoms with Crippen molar-refractivity contribution in [2.24, 2.45) is 0 Å². The molecular weight excluding hydrogens is 318 g/mol. The number of hydrazine groups is 1. The highest BCUT2D eigenvalue weighted by atomic mass is 35.5. The first-order chi connectivity index (χ1) is 11.1. The van der Waals surface area contributed by atoms with Crippen LogP contribution < -0.4 is 20.5 Å². The van der Waals surface area contributed by atoms with E-state index in [1.54, 1.807) is 42.5 Å². The number of hydrogen-bond acceptors (Lipinski definition) is 4. The maximum atomic E-state index is 12.1. The second-order valence-electron chi connectivity index (χ2n) is 4.92. The van der Waals surface area contributed by atoms with E-state index in [4.69, 9.17) is 16.3 Å². The number of rotatable bonds is 4. The van der Waals surface area contributed by atoms with E-state index >= 15 is 0 Å². The third kappa shape index (κ3) is 3.54. The maximum absolute atomic E-state index is 12.1. The molecule has 0 saturated carbocycles. The Kier molecular flexibility index (Phi) is 4.34. The van der Waals surface area contributed by atoms with Crippen molar-refractivity contribution in [2.75, 3.05) is 23.5 Å². The summed E-state index contributed by atoms with van der Waals surface area (Å²) < 4.78 is 5.34. The van der Waals surface area contributed by atoms with Crippen LogP contribution in [0.2, 0.25) is 5.02 Å². The molecule has 3 rings (SSSR count). The van der Waals surface area contributed by atoms with E-state index in [-0.39, 0.29) is 25.0 Å². The van der Waals surface area contributed by atoms with Crippen molar-refractivity contribution in [2.45, 2.75) is 0 Å². The quantitative estimate of drug-likeness (QED) is 0.843. The Morgan fingerprint density at radius 3 is 2.87 bits per heavy atom. The predicted octanol–water partition coefficient (Wildman–Crippen LogP) is 2.21. The lowest BCUT2D eigenvalue weighted by molar-refractivity contribution is -0.125. The largest absolute Gasteiger partial charge is 0.482 e. The van der Waals surface area contributed by atoms with Crippen molar-refractivity contribution in [1.82, 2.24) is 5.43 Å². The molecule has 0 fully saturated rings. The molecule has 1 aliphatic heterocycles. The van der Waals surface area contributed by atoms with Crippen LogP contribution in [0.5, 0.6) is 5.75 Å². The molecule has 2 aromatic rings. The first kappa shape index (κ1) is 15.2. The Labute approximate surface area is 138 Å². The molecule has 0 unspecified atom stereocenters. The summed E-state index contributed by atoms with van der Waals surface area (Å²) in [5.74, 6) is -0.0284. The molecular formula is C16H14ClN3O3. The third-order valence-corrected chi connectivity index (χ3v) is 3.52. The molecule has 23 heavy (non-hydrogen) atoms. The normalized spacial score (nSPS) is 13.1. The molecule has 6 nitrogen and oxygen atoms in total. The van der Waals surface area contributed by atoms with Crippen molar-refractivity contribution >= 4 is 34.8 Å². The Hall–Kier alpha value is -2.73. The smallest absolute Gasteiger partial charge is 0.265 e. The van der Waals surface area contributed by atoms with Gasteiger partial charge in [-0.1, -0.05) is 29.8 Å². The molecule has 1 aliphatic rings. The second kappa shape index (κ2) is 6.58. The van der Waals surface area contributed by atoms with Gasteiger partial charge in [0.2, 0.25) is 0 Å². The number of benzene rings is 2. The lowest BCUT2D eigenvalue weighted by atomic mass is 10.2. The summed E-state index contributed by atoms with van der Waals surface area (Å²) in [6.45, 7) is -0.182. The van der Waals surface area contributed by atoms with Crippen LogP contribution in [0.25, 0.3) is 0 Å². The Morgan fingerprint density at radius 1 is 1.22 bits per heavy atom. The highest BCUT2D eigenvalue weighted by Crippen LogP contribution is 2.31. The highest BCUT2D eigenvalue weighted by Gasteiger charge is 2.26. The van der Waals surface area contributed by atoms with Gasteiger partial charge in [0.05, 0.1) is 11.4 Å². The molecule has 0 saturated heterocycles. The van der Waals surface area contributed by atoms with Crippen molar-refractivity contribution in [3.8, 4) is 5.75 Å². The number of anilines is 2. The van der Waals surface area contributed by atoms with Gasteiger partial charge in [-0.3, -0.25) is 25.3 Å². The summed E-state index contributed by atoms with van der Waals surface area (Å²) in [6.07, 6.45) is 0. The number of fused-ring (bicyclic) bond motifs is 1. The lowest BCUT2D eigenvalue weighted by Gasteiger charge is -2.28. The number of nitrogens with one attached hydrogen (secondary N) is 2. The van der Waals surface area contributed by atoms with Crippen LogP contribution in [0.15, 0.2) is 48.5 Å². The second-order valence-corrected chi connectivity index (χ2v) is 5.36. The van der Waals surface area contributed by atoms with Crippen LogP contribution in [0, 0.1) is 0 Å². The molecule has 0 spiro atoms. The minimum atomic E-state index is -0.352. The van der Waals surface area contributed by atoms with Gasteiger partial charge in [0, 0.05) is 5.02 Å². The summed E-state index contributed by atoms with van der Waals surface area (Å²) in [7, 11) is 0. The molecule has 1 heterocycles. The molecule has 7 heteroatoms. The van der Waals surface area contributed by atoms with Crippen LogP contribution >= 0.6 is 11.6 Å². The van der Waals surface area contributed by atoms with Gasteiger partial charge < -0.3 is 4.74 Å². The molecule has 0 atom stereocenters. The number of carbonyl (C=O) groups is 2. The fourth-order valence-electron chi connectivity index (χ4n) is 2.22. The van der Waals surface area contributed by atoms with E-state index in [1.165, 1.54) is 4.90 Å². The van der Waals surface area contributed by atoms with Gasteiger partial charge in [0.15, 0.2) is 6.61 Å². The molecule has 2 N–H and O–H groups in total. The van der Waals surface area contributed by atoms with Gasteiger partial charge in [-0.2, -0.15) is 0 Å². The van der Waals surface area contributed by atoms with Crippen LogP contribution in [0.4, 0.5) is 11.4 Å². The van der Waals surface area contributed by atoms with Crippen molar-refractivity contribution in [1.29, 1.82) is 0 Å². The van der Waals surface area contributed by atoms with Crippen molar-refractivity contribution < 1.29 is 14.3 Å². The van der Waals surface area contributed by atoms with E-state index in [9.17, 15) is 9.59 Å². The monoisotopic (exact) mass is 331 g/mol. The van der Waals surface area contributed by atoms with Gasteiger partial charge in [-0.15, -0.1) is 0 Å². The maximum Gasteiger partial charge on any atom is 0.265 e. The number of nitrogens with zero attached hydrogens (tertiary/aromatic N) is 1. The van der Waals surface area contributed by atoms with E-state index in [1.807, 2.05) is 6.07 Å². The van der Waals surface area contributed by atoms with Gasteiger partial charge >= 0.3 is 0 Å². The van der Waals surface area contributed by atoms with Crippen LogP contribution in [-0.2, 0) is 9.59 Å². The molecule has 0 aliphatic carbocycles. The molecule has 0 aromatic heterocycles. The highest BCUT2D eigenvalue weighted by molar-refractivity contribution is 6.30. The van der Waals surface area contributed by atoms with Gasteiger partial charge in [-0.25, -0.2) is 0 Å². The standard InChI is InChI=1S/C16H14ClN3O3/c17-11-4-3-5-12(8-11)18-19-15(21)9-20-13-6-1-2-7-14(13)23-10-16(20)22/h1-8,18H,9-10H2,(H,19,21). The van der Waals surface area contributed by atoms with Gasteiger partial charge in [-0.05, 0) is 30.3 Å². The minimum Gasteiger partial charge on any atom is -0.482 e. The molecule has 0 radical (unpaired) electrons. The number of ether oxygens (including phenoxy) is 1. The third-order valence-electron chi connectivity index (χ3n) is 3.28. The van der Waals surface area contributed by atoms with Gasteiger partial charge in [0.1, 0.15) is 12.3 Å². The Morgan fingerprint density at radius 2 is 2.04 bits per heavy atom. The zero-order valence-electron chi connectivity index (χ0n) is 12.1. The van der Waals surface area contributed by atoms with Crippen LogP contribution in [-0.4, -0.2) is 25.0 Å². The number of carbonyl (C=O) groups excluding carboxylic acids is 2. The Balaban J connectivity index is 1.65. The SMILES string of the molecule is O=C(CN1C(=O)COc2ccccc21)NNc1cccc(Cl)c1. The fraction of sp³-hybridized carbons (Fsp3) is 0.125. The fourth-order valence-corrected chi connectivity index (χ4v) is 2.41. The first-order valence-electron chi connectivity index (χ1n) is 6.96. The summed E-state index contributed by atoms with van der Waals surface area (Å²) in [5, 5.41) is 0.557.